The minimum Gasteiger partial charge on any atom is -0.465 e. The van der Waals surface area contributed by atoms with Crippen LogP contribution in [0.15, 0.2) is 24.3 Å². The second kappa shape index (κ2) is 6.68. The number of nitrogens with one attached hydrogen (secondary N) is 2. The van der Waals surface area contributed by atoms with Crippen molar-refractivity contribution >= 4 is 45.3 Å². The maximum Gasteiger partial charge on any atom is 0.341 e. The van der Waals surface area contributed by atoms with Gasteiger partial charge in [-0.3, -0.25) is 0 Å². The van der Waals surface area contributed by atoms with Crippen molar-refractivity contribution in [2.45, 2.75) is 26.2 Å². The molecule has 0 saturated heterocycles. The number of carbonyl (C=O) groups excluding carboxylic acids is 1. The van der Waals surface area contributed by atoms with Crippen LogP contribution in [0.2, 0.25) is 0 Å². The molecule has 0 unspecified atom stereocenters. The van der Waals surface area contributed by atoms with Gasteiger partial charge < -0.3 is 15.4 Å². The third kappa shape index (κ3) is 3.38. The molecule has 23 heavy (non-hydrogen) atoms. The van der Waals surface area contributed by atoms with Gasteiger partial charge in [0.15, 0.2) is 5.11 Å². The summed E-state index contributed by atoms with van der Waals surface area (Å²) < 4.78 is 4.94. The molecule has 0 bridgehead atoms. The summed E-state index contributed by atoms with van der Waals surface area (Å²) in [5.41, 5.74) is 3.83. The summed E-state index contributed by atoms with van der Waals surface area (Å²) in [5.74, 6) is -0.301. The summed E-state index contributed by atoms with van der Waals surface area (Å²) in [6.07, 6.45) is 3.04. The Labute approximate surface area is 144 Å². The van der Waals surface area contributed by atoms with Crippen molar-refractivity contribution in [3.63, 3.8) is 0 Å². The summed E-state index contributed by atoms with van der Waals surface area (Å²) >= 11 is 6.98. The van der Waals surface area contributed by atoms with Gasteiger partial charge in [-0.1, -0.05) is 12.1 Å². The lowest BCUT2D eigenvalue weighted by atomic mass is 10.1. The fourth-order valence-corrected chi connectivity index (χ4v) is 4.36. The number of hydrogen-bond donors (Lipinski definition) is 2. The molecule has 120 valence electrons. The number of aryl methyl sites for hydroxylation is 2. The highest BCUT2D eigenvalue weighted by Gasteiger charge is 2.27. The van der Waals surface area contributed by atoms with Gasteiger partial charge in [0.05, 0.1) is 12.7 Å². The third-order valence-corrected chi connectivity index (χ3v) is 5.23. The topological polar surface area (TPSA) is 50.4 Å². The van der Waals surface area contributed by atoms with Crippen LogP contribution < -0.4 is 10.6 Å². The van der Waals surface area contributed by atoms with Gasteiger partial charge in [0.2, 0.25) is 0 Å². The van der Waals surface area contributed by atoms with Crippen molar-refractivity contribution in [3.8, 4) is 0 Å². The summed E-state index contributed by atoms with van der Waals surface area (Å²) in [4.78, 5) is 13.4. The zero-order valence-electron chi connectivity index (χ0n) is 13.1. The maximum absolute atomic E-state index is 12.1. The zero-order chi connectivity index (χ0) is 16.4. The van der Waals surface area contributed by atoms with Gasteiger partial charge in [0.1, 0.15) is 5.00 Å². The summed E-state index contributed by atoms with van der Waals surface area (Å²) in [5, 5.41) is 7.56. The molecular weight excluding hydrogens is 328 g/mol. The Hall–Kier alpha value is -1.92. The Morgan fingerprint density at radius 2 is 2.13 bits per heavy atom. The molecule has 2 N–H and O–H groups in total. The summed E-state index contributed by atoms with van der Waals surface area (Å²) in [6.45, 7) is 2.03. The molecule has 1 aliphatic rings. The first-order valence-corrected chi connectivity index (χ1v) is 8.68. The van der Waals surface area contributed by atoms with Crippen LogP contribution in [0.1, 0.15) is 32.8 Å². The fraction of sp³-hybridized carbons (Fsp3) is 0.294. The quantitative estimate of drug-likeness (QED) is 0.646. The van der Waals surface area contributed by atoms with Crippen LogP contribution in [0.5, 0.6) is 0 Å². The molecule has 4 nitrogen and oxygen atoms in total. The molecule has 6 heteroatoms. The third-order valence-electron chi connectivity index (χ3n) is 3.81. The van der Waals surface area contributed by atoms with E-state index in [0.717, 1.165) is 41.1 Å². The molecule has 1 aromatic carbocycles. The van der Waals surface area contributed by atoms with Crippen LogP contribution in [0.25, 0.3) is 0 Å². The number of esters is 1. The number of thiocarbonyl (C=S) groups is 1. The minimum absolute atomic E-state index is 0.301. The van der Waals surface area contributed by atoms with Crippen molar-refractivity contribution < 1.29 is 9.53 Å². The van der Waals surface area contributed by atoms with Crippen LogP contribution in [-0.4, -0.2) is 18.2 Å². The van der Waals surface area contributed by atoms with Crippen LogP contribution >= 0.6 is 23.6 Å². The van der Waals surface area contributed by atoms with Crippen molar-refractivity contribution in [2.75, 3.05) is 17.7 Å². The smallest absolute Gasteiger partial charge is 0.341 e. The molecule has 0 atom stereocenters. The normalized spacial score (nSPS) is 12.6. The van der Waals surface area contributed by atoms with Crippen LogP contribution in [0.3, 0.4) is 0 Å². The van der Waals surface area contributed by atoms with E-state index in [1.165, 1.54) is 12.0 Å². The average molecular weight is 346 g/mol. The van der Waals surface area contributed by atoms with E-state index in [1.54, 1.807) is 11.3 Å². The van der Waals surface area contributed by atoms with Crippen LogP contribution in [0, 0.1) is 6.92 Å². The van der Waals surface area contributed by atoms with Crippen LogP contribution in [0.4, 0.5) is 10.7 Å². The highest BCUT2D eigenvalue weighted by Crippen LogP contribution is 2.39. The number of methoxy groups -OCH3 is 1. The van der Waals surface area contributed by atoms with Gasteiger partial charge in [-0.05, 0) is 61.7 Å². The second-order valence-corrected chi connectivity index (χ2v) is 7.02. The van der Waals surface area contributed by atoms with E-state index in [-0.39, 0.29) is 5.97 Å². The van der Waals surface area contributed by atoms with Crippen molar-refractivity contribution in [1.82, 2.24) is 0 Å². The Morgan fingerprint density at radius 1 is 1.30 bits per heavy atom. The Morgan fingerprint density at radius 3 is 2.87 bits per heavy atom. The molecule has 2 aromatic rings. The lowest BCUT2D eigenvalue weighted by Gasteiger charge is -2.11. The first kappa shape index (κ1) is 16.0. The van der Waals surface area contributed by atoms with Gasteiger partial charge in [0.25, 0.3) is 0 Å². The monoisotopic (exact) mass is 346 g/mol. The Kier molecular flexibility index (Phi) is 4.63. The van der Waals surface area contributed by atoms with Crippen molar-refractivity contribution in [1.29, 1.82) is 0 Å². The van der Waals surface area contributed by atoms with Gasteiger partial charge in [-0.2, -0.15) is 0 Å². The lowest BCUT2D eigenvalue weighted by Crippen LogP contribution is -2.20. The highest BCUT2D eigenvalue weighted by atomic mass is 32.1. The van der Waals surface area contributed by atoms with Crippen molar-refractivity contribution in [2.24, 2.45) is 0 Å². The number of anilines is 2. The van der Waals surface area contributed by atoms with E-state index in [0.29, 0.717) is 10.7 Å². The predicted octanol–water partition coefficient (Wildman–Crippen LogP) is 4.14. The standard InChI is InChI=1S/C17H18N2O2S2/c1-10-5-3-6-11(9-10)18-17(22)19-15-14(16(20)21-2)12-7-4-8-13(12)23-15/h3,5-6,9H,4,7-8H2,1-2H3,(H2,18,19,22). The molecule has 0 spiro atoms. The van der Waals surface area contributed by atoms with Crippen LogP contribution in [-0.2, 0) is 17.6 Å². The van der Waals surface area contributed by atoms with Gasteiger partial charge in [0, 0.05) is 10.6 Å². The fourth-order valence-electron chi connectivity index (χ4n) is 2.80. The zero-order valence-corrected chi connectivity index (χ0v) is 14.7. The number of ether oxygens (including phenoxy) is 1. The SMILES string of the molecule is COC(=O)c1c(NC(=S)Nc2cccc(C)c2)sc2c1CCC2. The number of fused-ring (bicyclic) bond motifs is 1. The summed E-state index contributed by atoms with van der Waals surface area (Å²) in [7, 11) is 1.41. The largest absolute Gasteiger partial charge is 0.465 e. The first-order chi connectivity index (χ1) is 11.1. The van der Waals surface area contributed by atoms with Gasteiger partial charge in [-0.25, -0.2) is 4.79 Å². The summed E-state index contributed by atoms with van der Waals surface area (Å²) in [6, 6.07) is 7.97. The number of hydrogen-bond acceptors (Lipinski definition) is 4. The predicted molar refractivity (Wildman–Crippen MR) is 98.7 cm³/mol. The Balaban J connectivity index is 1.80. The number of carbonyl (C=O) groups is 1. The van der Waals surface area contributed by atoms with E-state index in [2.05, 4.69) is 10.6 Å². The van der Waals surface area contributed by atoms with E-state index < -0.39 is 0 Å². The maximum atomic E-state index is 12.1. The van der Waals surface area contributed by atoms with Gasteiger partial charge >= 0.3 is 5.97 Å². The molecule has 3 rings (SSSR count). The number of thiophene rings is 1. The molecule has 0 saturated carbocycles. The average Bonchev–Trinajstić information content (AvgIpc) is 3.06. The number of rotatable bonds is 3. The molecular formula is C17H18N2O2S2. The van der Waals surface area contributed by atoms with Crippen molar-refractivity contribution in [3.05, 3.63) is 45.8 Å². The second-order valence-electron chi connectivity index (χ2n) is 5.50. The lowest BCUT2D eigenvalue weighted by molar-refractivity contribution is 0.0601. The Bertz CT molecular complexity index is 768. The molecule has 0 radical (unpaired) electrons. The highest BCUT2D eigenvalue weighted by molar-refractivity contribution is 7.80. The van der Waals surface area contributed by atoms with E-state index in [4.69, 9.17) is 17.0 Å². The molecule has 1 aromatic heterocycles. The van der Waals surface area contributed by atoms with E-state index in [9.17, 15) is 4.79 Å². The molecule has 0 aliphatic heterocycles. The first-order valence-electron chi connectivity index (χ1n) is 7.46. The minimum atomic E-state index is -0.301. The number of benzene rings is 1. The van der Waals surface area contributed by atoms with Gasteiger partial charge in [-0.15, -0.1) is 11.3 Å². The molecule has 1 aliphatic carbocycles. The van der Waals surface area contributed by atoms with E-state index in [1.807, 2.05) is 31.2 Å². The molecule has 1 heterocycles. The molecule has 0 fully saturated rings. The molecule has 0 amide bonds. The van der Waals surface area contributed by atoms with E-state index >= 15 is 0 Å².